The quantitative estimate of drug-likeness (QED) is 0.930. The lowest BCUT2D eigenvalue weighted by Gasteiger charge is -2.09. The van der Waals surface area contributed by atoms with Crippen LogP contribution in [0.15, 0.2) is 30.6 Å². The van der Waals surface area contributed by atoms with Gasteiger partial charge in [0.2, 0.25) is 0 Å². The largest absolute Gasteiger partial charge is 0.440 e. The second-order valence-corrected chi connectivity index (χ2v) is 3.62. The first kappa shape index (κ1) is 13.8. The maximum atomic E-state index is 11.9. The van der Waals surface area contributed by atoms with Gasteiger partial charge in [-0.1, -0.05) is 6.07 Å². The number of alkyl halides is 3. The molecule has 0 spiro atoms. The van der Waals surface area contributed by atoms with Gasteiger partial charge in [0.1, 0.15) is 6.33 Å². The number of ether oxygens (including phenoxy) is 1. The fourth-order valence-corrected chi connectivity index (χ4v) is 1.31. The number of carbonyl (C=O) groups excluding carboxylic acids is 1. The number of carbonyl (C=O) groups is 1. The van der Waals surface area contributed by atoms with Gasteiger partial charge in [0.25, 0.3) is 0 Å². The first-order valence-corrected chi connectivity index (χ1v) is 5.28. The highest BCUT2D eigenvalue weighted by Gasteiger charge is 2.29. The highest BCUT2D eigenvalue weighted by atomic mass is 19.4. The number of amides is 1. The predicted molar refractivity (Wildman–Crippen MR) is 60.2 cm³/mol. The van der Waals surface area contributed by atoms with E-state index >= 15 is 0 Å². The molecule has 0 aliphatic carbocycles. The van der Waals surface area contributed by atoms with E-state index < -0.39 is 18.9 Å². The molecule has 2 rings (SSSR count). The van der Waals surface area contributed by atoms with Crippen LogP contribution in [0.3, 0.4) is 0 Å². The van der Waals surface area contributed by atoms with Crippen LogP contribution in [0, 0.1) is 0 Å². The van der Waals surface area contributed by atoms with Crippen molar-refractivity contribution in [1.29, 1.82) is 0 Å². The summed E-state index contributed by atoms with van der Waals surface area (Å²) in [5, 5.41) is 12.7. The van der Waals surface area contributed by atoms with Gasteiger partial charge in [-0.2, -0.15) is 13.2 Å². The molecule has 0 aliphatic heterocycles. The van der Waals surface area contributed by atoms with E-state index in [4.69, 9.17) is 0 Å². The van der Waals surface area contributed by atoms with E-state index in [0.29, 0.717) is 5.69 Å². The van der Waals surface area contributed by atoms with Crippen LogP contribution >= 0.6 is 0 Å². The summed E-state index contributed by atoms with van der Waals surface area (Å²) in [7, 11) is 0. The molecule has 0 saturated carbocycles. The molecule has 1 N–H and O–H groups in total. The molecule has 7 nitrogen and oxygen atoms in total. The zero-order chi connectivity index (χ0) is 14.6. The van der Waals surface area contributed by atoms with Crippen molar-refractivity contribution >= 4 is 11.8 Å². The molecule has 20 heavy (non-hydrogen) atoms. The Hall–Kier alpha value is -2.65. The zero-order valence-corrected chi connectivity index (χ0v) is 9.83. The lowest BCUT2D eigenvalue weighted by atomic mass is 10.3. The summed E-state index contributed by atoms with van der Waals surface area (Å²) in [6, 6.07) is 6.20. The summed E-state index contributed by atoms with van der Waals surface area (Å²) in [4.78, 5) is 11.2. The Morgan fingerprint density at radius 3 is 2.85 bits per heavy atom. The SMILES string of the molecule is O=C(Nc1cccc(-n2cnnn2)c1)OCC(F)(F)F. The number of halogens is 3. The van der Waals surface area contributed by atoms with Crippen molar-refractivity contribution in [1.82, 2.24) is 20.2 Å². The van der Waals surface area contributed by atoms with Crippen molar-refractivity contribution in [3.8, 4) is 5.69 Å². The highest BCUT2D eigenvalue weighted by molar-refractivity contribution is 5.84. The van der Waals surface area contributed by atoms with Gasteiger partial charge < -0.3 is 4.74 Å². The topological polar surface area (TPSA) is 81.9 Å². The summed E-state index contributed by atoms with van der Waals surface area (Å²) < 4.78 is 41.0. The molecule has 0 bridgehead atoms. The van der Waals surface area contributed by atoms with Crippen molar-refractivity contribution in [3.63, 3.8) is 0 Å². The summed E-state index contributed by atoms with van der Waals surface area (Å²) >= 11 is 0. The molecule has 10 heteroatoms. The van der Waals surface area contributed by atoms with E-state index in [2.05, 4.69) is 25.6 Å². The molecule has 1 aromatic carbocycles. The van der Waals surface area contributed by atoms with Crippen LogP contribution < -0.4 is 5.32 Å². The normalized spacial score (nSPS) is 11.2. The average molecular weight is 287 g/mol. The smallest absolute Gasteiger partial charge is 0.422 e. The van der Waals surface area contributed by atoms with Crippen molar-refractivity contribution in [2.45, 2.75) is 6.18 Å². The Kier molecular flexibility index (Phi) is 3.82. The van der Waals surface area contributed by atoms with Gasteiger partial charge in [-0.15, -0.1) is 5.10 Å². The fourth-order valence-electron chi connectivity index (χ4n) is 1.31. The van der Waals surface area contributed by atoms with Gasteiger partial charge in [-0.25, -0.2) is 9.48 Å². The number of nitrogens with one attached hydrogen (secondary N) is 1. The lowest BCUT2D eigenvalue weighted by molar-refractivity contribution is -0.159. The molecule has 1 heterocycles. The summed E-state index contributed by atoms with van der Waals surface area (Å²) in [6.45, 7) is -1.65. The number of hydrogen-bond acceptors (Lipinski definition) is 5. The van der Waals surface area contributed by atoms with Crippen molar-refractivity contribution in [2.24, 2.45) is 0 Å². The third kappa shape index (κ3) is 3.93. The number of benzene rings is 1. The minimum Gasteiger partial charge on any atom is -0.440 e. The Balaban J connectivity index is 2.00. The third-order valence-corrected chi connectivity index (χ3v) is 2.07. The van der Waals surface area contributed by atoms with Gasteiger partial charge in [-0.05, 0) is 28.6 Å². The van der Waals surface area contributed by atoms with E-state index in [1.54, 1.807) is 12.1 Å². The molecular formula is C10H8F3N5O2. The number of rotatable bonds is 3. The third-order valence-electron chi connectivity index (χ3n) is 2.07. The molecular weight excluding hydrogens is 279 g/mol. The van der Waals surface area contributed by atoms with E-state index in [1.807, 2.05) is 0 Å². The average Bonchev–Trinajstić information content (AvgIpc) is 2.90. The molecule has 0 atom stereocenters. The van der Waals surface area contributed by atoms with E-state index in [0.717, 1.165) is 0 Å². The second-order valence-electron chi connectivity index (χ2n) is 3.62. The lowest BCUT2D eigenvalue weighted by Crippen LogP contribution is -2.23. The Bertz CT molecular complexity index is 585. The fraction of sp³-hybridized carbons (Fsp3) is 0.200. The maximum absolute atomic E-state index is 11.9. The number of nitrogens with zero attached hydrogens (tertiary/aromatic N) is 4. The van der Waals surface area contributed by atoms with Gasteiger partial charge in [0.05, 0.1) is 5.69 Å². The van der Waals surface area contributed by atoms with Crippen LogP contribution in [-0.2, 0) is 4.74 Å². The molecule has 0 saturated heterocycles. The van der Waals surface area contributed by atoms with Crippen LogP contribution in [-0.4, -0.2) is 39.1 Å². The van der Waals surface area contributed by atoms with Crippen molar-refractivity contribution < 1.29 is 22.7 Å². The van der Waals surface area contributed by atoms with Crippen LogP contribution in [0.1, 0.15) is 0 Å². The van der Waals surface area contributed by atoms with Crippen LogP contribution in [0.2, 0.25) is 0 Å². The number of hydrogen-bond donors (Lipinski definition) is 1. The summed E-state index contributed by atoms with van der Waals surface area (Å²) in [5.41, 5.74) is 0.786. The second kappa shape index (κ2) is 5.55. The van der Waals surface area contributed by atoms with E-state index in [-0.39, 0.29) is 5.69 Å². The monoisotopic (exact) mass is 287 g/mol. The number of aromatic nitrogens is 4. The van der Waals surface area contributed by atoms with Crippen LogP contribution in [0.5, 0.6) is 0 Å². The minimum atomic E-state index is -4.56. The molecule has 0 fully saturated rings. The zero-order valence-electron chi connectivity index (χ0n) is 9.83. The molecule has 2 aromatic rings. The molecule has 0 unspecified atom stereocenters. The molecule has 0 aliphatic rings. The Labute approximate surface area is 110 Å². The minimum absolute atomic E-state index is 0.255. The molecule has 1 aromatic heterocycles. The predicted octanol–water partition coefficient (Wildman–Crippen LogP) is 1.77. The number of anilines is 1. The van der Waals surface area contributed by atoms with Crippen LogP contribution in [0.4, 0.5) is 23.7 Å². The van der Waals surface area contributed by atoms with E-state index in [1.165, 1.54) is 23.1 Å². The standard InChI is InChI=1S/C10H8F3N5O2/c11-10(12,13)5-20-9(19)15-7-2-1-3-8(4-7)18-6-14-16-17-18/h1-4,6H,5H2,(H,15,19). The molecule has 106 valence electrons. The first-order valence-electron chi connectivity index (χ1n) is 5.28. The van der Waals surface area contributed by atoms with Crippen LogP contribution in [0.25, 0.3) is 5.69 Å². The first-order chi connectivity index (χ1) is 9.44. The number of tetrazole rings is 1. The Morgan fingerprint density at radius 1 is 1.40 bits per heavy atom. The molecule has 1 amide bonds. The van der Waals surface area contributed by atoms with Gasteiger partial charge in [-0.3, -0.25) is 5.32 Å². The van der Waals surface area contributed by atoms with Gasteiger partial charge >= 0.3 is 12.3 Å². The molecule has 0 radical (unpaired) electrons. The summed E-state index contributed by atoms with van der Waals surface area (Å²) in [5.74, 6) is 0. The van der Waals surface area contributed by atoms with Crippen molar-refractivity contribution in [2.75, 3.05) is 11.9 Å². The van der Waals surface area contributed by atoms with Gasteiger partial charge in [0.15, 0.2) is 6.61 Å². The van der Waals surface area contributed by atoms with Crippen molar-refractivity contribution in [3.05, 3.63) is 30.6 Å². The van der Waals surface area contributed by atoms with E-state index in [9.17, 15) is 18.0 Å². The maximum Gasteiger partial charge on any atom is 0.422 e. The van der Waals surface area contributed by atoms with Gasteiger partial charge in [0, 0.05) is 5.69 Å². The highest BCUT2D eigenvalue weighted by Crippen LogP contribution is 2.16. The summed E-state index contributed by atoms with van der Waals surface area (Å²) in [6.07, 6.45) is -4.43. The Morgan fingerprint density at radius 2 is 2.20 bits per heavy atom.